The van der Waals surface area contributed by atoms with E-state index in [1.54, 1.807) is 17.9 Å². The smallest absolute Gasteiger partial charge is 0.277 e. The van der Waals surface area contributed by atoms with Crippen LogP contribution in [0, 0.1) is 6.92 Å². The molecule has 2 aromatic rings. The van der Waals surface area contributed by atoms with Crippen LogP contribution in [0.4, 0.5) is 11.6 Å². The van der Waals surface area contributed by atoms with Gasteiger partial charge in [0, 0.05) is 24.0 Å². The minimum absolute atomic E-state index is 0.0765. The Labute approximate surface area is 158 Å². The van der Waals surface area contributed by atoms with Crippen LogP contribution in [0.1, 0.15) is 34.6 Å². The summed E-state index contributed by atoms with van der Waals surface area (Å²) >= 11 is 0. The van der Waals surface area contributed by atoms with Crippen molar-refractivity contribution >= 4 is 27.4 Å². The number of carbonyl (C=O) groups excluding carboxylic acids is 1. The van der Waals surface area contributed by atoms with E-state index in [0.717, 1.165) is 24.1 Å². The maximum absolute atomic E-state index is 13.1. The molecule has 2 aliphatic heterocycles. The molecule has 8 heteroatoms. The lowest BCUT2D eigenvalue weighted by molar-refractivity contribution is 0.0980. The van der Waals surface area contributed by atoms with E-state index in [-0.39, 0.29) is 23.5 Å². The van der Waals surface area contributed by atoms with Gasteiger partial charge in [0.05, 0.1) is 11.5 Å². The summed E-state index contributed by atoms with van der Waals surface area (Å²) in [6.45, 7) is 2.46. The van der Waals surface area contributed by atoms with Gasteiger partial charge in [0.2, 0.25) is 5.95 Å². The first-order valence-electron chi connectivity index (χ1n) is 9.14. The number of sulfone groups is 1. The lowest BCUT2D eigenvalue weighted by Gasteiger charge is -2.29. The Morgan fingerprint density at radius 2 is 2.07 bits per heavy atom. The molecule has 1 atom stereocenters. The van der Waals surface area contributed by atoms with E-state index in [1.807, 2.05) is 24.3 Å². The lowest BCUT2D eigenvalue weighted by Crippen LogP contribution is -2.36. The summed E-state index contributed by atoms with van der Waals surface area (Å²) in [5, 5.41) is 3.08. The van der Waals surface area contributed by atoms with Gasteiger partial charge in [-0.2, -0.15) is 0 Å². The zero-order valence-electron chi connectivity index (χ0n) is 15.2. The molecule has 0 spiro atoms. The molecule has 1 saturated heterocycles. The van der Waals surface area contributed by atoms with E-state index < -0.39 is 9.84 Å². The quantitative estimate of drug-likeness (QED) is 0.867. The first-order chi connectivity index (χ1) is 12.9. The summed E-state index contributed by atoms with van der Waals surface area (Å²) in [4.78, 5) is 23.6. The van der Waals surface area contributed by atoms with E-state index >= 15 is 0 Å². The van der Waals surface area contributed by atoms with Gasteiger partial charge in [0.15, 0.2) is 9.84 Å². The average molecular weight is 386 g/mol. The second kappa shape index (κ2) is 6.92. The van der Waals surface area contributed by atoms with Crippen molar-refractivity contribution in [2.75, 3.05) is 28.3 Å². The number of aromatic nitrogens is 2. The number of rotatable bonds is 3. The first-order valence-corrected chi connectivity index (χ1v) is 11.0. The van der Waals surface area contributed by atoms with Crippen LogP contribution in [0.3, 0.4) is 0 Å². The molecule has 2 aliphatic rings. The second-order valence-electron chi connectivity index (χ2n) is 7.15. The lowest BCUT2D eigenvalue weighted by atomic mass is 10.0. The first kappa shape index (κ1) is 17.9. The van der Waals surface area contributed by atoms with Crippen LogP contribution >= 0.6 is 0 Å². The molecule has 1 unspecified atom stereocenters. The zero-order valence-corrected chi connectivity index (χ0v) is 16.0. The van der Waals surface area contributed by atoms with Crippen LogP contribution in [0.2, 0.25) is 0 Å². The Bertz CT molecular complexity index is 990. The second-order valence-corrected chi connectivity index (χ2v) is 9.38. The fourth-order valence-corrected chi connectivity index (χ4v) is 5.39. The highest BCUT2D eigenvalue weighted by atomic mass is 32.2. The third-order valence-corrected chi connectivity index (χ3v) is 6.76. The molecule has 142 valence electrons. The molecule has 1 aromatic heterocycles. The number of amides is 1. The van der Waals surface area contributed by atoms with Crippen LogP contribution in [-0.2, 0) is 16.3 Å². The van der Waals surface area contributed by atoms with Crippen molar-refractivity contribution in [3.63, 3.8) is 0 Å². The van der Waals surface area contributed by atoms with Crippen molar-refractivity contribution in [3.05, 3.63) is 47.3 Å². The summed E-state index contributed by atoms with van der Waals surface area (Å²) in [7, 11) is -3.00. The van der Waals surface area contributed by atoms with E-state index in [1.165, 1.54) is 0 Å². The summed E-state index contributed by atoms with van der Waals surface area (Å²) in [5.41, 5.74) is 3.09. The molecule has 4 rings (SSSR count). The van der Waals surface area contributed by atoms with Crippen molar-refractivity contribution in [1.29, 1.82) is 0 Å². The molecule has 0 saturated carbocycles. The minimum Gasteiger partial charge on any atom is -0.350 e. The number of benzene rings is 1. The van der Waals surface area contributed by atoms with Gasteiger partial charge in [-0.3, -0.25) is 4.79 Å². The van der Waals surface area contributed by atoms with E-state index in [2.05, 4.69) is 15.3 Å². The predicted octanol–water partition coefficient (Wildman–Crippen LogP) is 1.98. The highest BCUT2D eigenvalue weighted by Crippen LogP contribution is 2.28. The topological polar surface area (TPSA) is 92.3 Å². The molecule has 0 aliphatic carbocycles. The molecule has 1 N–H and O–H groups in total. The molecule has 0 radical (unpaired) electrons. The van der Waals surface area contributed by atoms with E-state index in [0.29, 0.717) is 30.3 Å². The Hall–Kier alpha value is -2.48. The van der Waals surface area contributed by atoms with Crippen LogP contribution in [0.5, 0.6) is 0 Å². The molecular formula is C19H22N4O3S. The largest absolute Gasteiger partial charge is 0.350 e. The molecule has 27 heavy (non-hydrogen) atoms. The number of para-hydroxylation sites is 1. The normalized spacial score (nSPS) is 20.9. The fourth-order valence-electron chi connectivity index (χ4n) is 3.72. The molecule has 1 aromatic carbocycles. The molecular weight excluding hydrogens is 364 g/mol. The molecule has 0 bridgehead atoms. The van der Waals surface area contributed by atoms with Gasteiger partial charge in [-0.15, -0.1) is 0 Å². The molecule has 1 fully saturated rings. The number of fused-ring (bicyclic) bond motifs is 1. The number of hydrogen-bond acceptors (Lipinski definition) is 6. The Balaban J connectivity index is 1.59. The highest BCUT2D eigenvalue weighted by Gasteiger charge is 2.29. The molecule has 1 amide bonds. The number of nitrogens with one attached hydrogen (secondary N) is 1. The number of nitrogens with zero attached hydrogens (tertiary/aromatic N) is 3. The van der Waals surface area contributed by atoms with Crippen molar-refractivity contribution < 1.29 is 13.2 Å². The summed E-state index contributed by atoms with van der Waals surface area (Å²) in [6.07, 6.45) is 2.41. The van der Waals surface area contributed by atoms with E-state index in [9.17, 15) is 13.2 Å². The van der Waals surface area contributed by atoms with Crippen LogP contribution in [-0.4, -0.2) is 48.4 Å². The summed E-state index contributed by atoms with van der Waals surface area (Å²) in [5.74, 6) is 0.403. The Morgan fingerprint density at radius 1 is 1.26 bits per heavy atom. The minimum atomic E-state index is -3.00. The SMILES string of the molecule is Cc1cc(C(=O)N2CCCc3ccccc32)nc(NC2CCS(=O)(=O)C2)n1. The van der Waals surface area contributed by atoms with Gasteiger partial charge < -0.3 is 10.2 Å². The van der Waals surface area contributed by atoms with Crippen LogP contribution in [0.15, 0.2) is 30.3 Å². The van der Waals surface area contributed by atoms with Crippen molar-refractivity contribution in [3.8, 4) is 0 Å². The van der Waals surface area contributed by atoms with Crippen molar-refractivity contribution in [2.45, 2.75) is 32.2 Å². The standard InChI is InChI=1S/C19H22N4O3S/c1-13-11-16(22-19(20-13)21-15-8-10-27(25,26)12-15)18(24)23-9-4-6-14-5-2-3-7-17(14)23/h2-3,5,7,11,15H,4,6,8-10,12H2,1H3,(H,20,21,22). The van der Waals surface area contributed by atoms with Gasteiger partial charge in [-0.1, -0.05) is 18.2 Å². The van der Waals surface area contributed by atoms with Gasteiger partial charge in [0.25, 0.3) is 5.91 Å². The van der Waals surface area contributed by atoms with Crippen molar-refractivity contribution in [2.24, 2.45) is 0 Å². The van der Waals surface area contributed by atoms with Gasteiger partial charge in [-0.05, 0) is 43.9 Å². The maximum Gasteiger partial charge on any atom is 0.277 e. The van der Waals surface area contributed by atoms with Gasteiger partial charge in [-0.25, -0.2) is 18.4 Å². The average Bonchev–Trinajstić information content (AvgIpc) is 2.98. The highest BCUT2D eigenvalue weighted by molar-refractivity contribution is 7.91. The molecule has 7 nitrogen and oxygen atoms in total. The third kappa shape index (κ3) is 3.80. The monoisotopic (exact) mass is 386 g/mol. The molecule has 3 heterocycles. The summed E-state index contributed by atoms with van der Waals surface area (Å²) < 4.78 is 23.3. The Morgan fingerprint density at radius 3 is 2.85 bits per heavy atom. The fraction of sp³-hybridized carbons (Fsp3) is 0.421. The van der Waals surface area contributed by atoms with Crippen LogP contribution < -0.4 is 10.2 Å². The number of anilines is 2. The predicted molar refractivity (Wildman–Crippen MR) is 104 cm³/mol. The van der Waals surface area contributed by atoms with Gasteiger partial charge >= 0.3 is 0 Å². The van der Waals surface area contributed by atoms with E-state index in [4.69, 9.17) is 0 Å². The van der Waals surface area contributed by atoms with Gasteiger partial charge in [0.1, 0.15) is 5.69 Å². The third-order valence-electron chi connectivity index (χ3n) is 4.99. The number of hydrogen-bond donors (Lipinski definition) is 1. The number of carbonyl (C=O) groups is 1. The van der Waals surface area contributed by atoms with Crippen molar-refractivity contribution in [1.82, 2.24) is 9.97 Å². The number of aryl methyl sites for hydroxylation is 2. The van der Waals surface area contributed by atoms with Crippen LogP contribution in [0.25, 0.3) is 0 Å². The maximum atomic E-state index is 13.1. The Kier molecular flexibility index (Phi) is 4.59. The summed E-state index contributed by atoms with van der Waals surface area (Å²) in [6, 6.07) is 9.39. The zero-order chi connectivity index (χ0) is 19.0.